The van der Waals surface area contributed by atoms with Gasteiger partial charge in [0.1, 0.15) is 0 Å². The second-order valence-corrected chi connectivity index (χ2v) is 7.47. The van der Waals surface area contributed by atoms with Gasteiger partial charge in [0.25, 0.3) is 0 Å². The lowest BCUT2D eigenvalue weighted by atomic mass is 9.78. The molecule has 0 amide bonds. The molecule has 0 aromatic carbocycles. The average molecular weight is 306 g/mol. The van der Waals surface area contributed by atoms with Crippen LogP contribution in [0.4, 0.5) is 5.95 Å². The summed E-state index contributed by atoms with van der Waals surface area (Å²) in [6.07, 6.45) is 13.5. The van der Waals surface area contributed by atoms with E-state index in [0.717, 1.165) is 23.2 Å². The number of aromatic amines is 1. The summed E-state index contributed by atoms with van der Waals surface area (Å²) < 4.78 is 3.18. The van der Waals surface area contributed by atoms with Crippen LogP contribution in [0.15, 0.2) is 0 Å². The Balaban J connectivity index is 1.67. The van der Waals surface area contributed by atoms with Crippen molar-refractivity contribution in [2.75, 3.05) is 11.4 Å². The minimum Gasteiger partial charge on any atom is -0.338 e. The van der Waals surface area contributed by atoms with E-state index in [2.05, 4.69) is 19.7 Å². The summed E-state index contributed by atoms with van der Waals surface area (Å²) in [6, 6.07) is 1.29. The van der Waals surface area contributed by atoms with Crippen molar-refractivity contribution in [3.63, 3.8) is 0 Å². The highest BCUT2D eigenvalue weighted by Gasteiger charge is 2.36. The predicted molar refractivity (Wildman–Crippen MR) is 87.2 cm³/mol. The summed E-state index contributed by atoms with van der Waals surface area (Å²) in [5, 5.41) is 7.73. The standard InChI is InChI=1S/C16H26N4S/c21-16-18-17-15(20(16)13-8-2-3-9-13)19-11-5-7-12-6-1-4-10-14(12)19/h12-14H,1-11H2,(H,18,21)/t12-,14-/m1/s1. The van der Waals surface area contributed by atoms with Crippen molar-refractivity contribution in [1.82, 2.24) is 14.8 Å². The maximum atomic E-state index is 5.54. The van der Waals surface area contributed by atoms with E-state index >= 15 is 0 Å². The summed E-state index contributed by atoms with van der Waals surface area (Å²) >= 11 is 5.54. The number of hydrogen-bond donors (Lipinski definition) is 1. The number of nitrogens with one attached hydrogen (secondary N) is 1. The zero-order chi connectivity index (χ0) is 14.2. The normalized spacial score (nSPS) is 30.6. The minimum absolute atomic E-state index is 0.579. The van der Waals surface area contributed by atoms with Gasteiger partial charge in [-0.25, -0.2) is 5.10 Å². The van der Waals surface area contributed by atoms with Gasteiger partial charge >= 0.3 is 0 Å². The van der Waals surface area contributed by atoms with Crippen LogP contribution in [0.25, 0.3) is 0 Å². The molecule has 1 N–H and O–H groups in total. The van der Waals surface area contributed by atoms with E-state index in [-0.39, 0.29) is 0 Å². The second kappa shape index (κ2) is 5.75. The van der Waals surface area contributed by atoms with Crippen molar-refractivity contribution >= 4 is 18.2 Å². The number of nitrogens with zero attached hydrogens (tertiary/aromatic N) is 3. The van der Waals surface area contributed by atoms with Gasteiger partial charge in [-0.05, 0) is 56.7 Å². The molecule has 0 spiro atoms. The summed E-state index contributed by atoms with van der Waals surface area (Å²) in [7, 11) is 0. The molecular weight excluding hydrogens is 280 g/mol. The third-order valence-corrected chi connectivity index (χ3v) is 6.16. The average Bonchev–Trinajstić information content (AvgIpc) is 3.16. The van der Waals surface area contributed by atoms with E-state index in [1.807, 2.05) is 0 Å². The first-order valence-corrected chi connectivity index (χ1v) is 9.19. The molecule has 1 aromatic heterocycles. The summed E-state index contributed by atoms with van der Waals surface area (Å²) in [5.74, 6) is 2.03. The van der Waals surface area contributed by atoms with E-state index in [9.17, 15) is 0 Å². The van der Waals surface area contributed by atoms with Gasteiger partial charge in [0.15, 0.2) is 4.77 Å². The molecule has 2 aliphatic carbocycles. The highest BCUT2D eigenvalue weighted by molar-refractivity contribution is 7.71. The molecule has 21 heavy (non-hydrogen) atoms. The van der Waals surface area contributed by atoms with Crippen molar-refractivity contribution in [2.45, 2.75) is 76.3 Å². The fourth-order valence-electron chi connectivity index (χ4n) is 4.86. The van der Waals surface area contributed by atoms with Crippen LogP contribution in [-0.4, -0.2) is 27.4 Å². The molecule has 1 saturated heterocycles. The lowest BCUT2D eigenvalue weighted by Gasteiger charge is -2.44. The predicted octanol–water partition coefficient (Wildman–Crippen LogP) is 4.21. The van der Waals surface area contributed by atoms with Crippen molar-refractivity contribution in [1.29, 1.82) is 0 Å². The Hall–Kier alpha value is -0.840. The zero-order valence-corrected chi connectivity index (χ0v) is 13.6. The van der Waals surface area contributed by atoms with E-state index in [1.54, 1.807) is 0 Å². The van der Waals surface area contributed by atoms with Gasteiger partial charge in [0.2, 0.25) is 5.95 Å². The molecule has 3 fully saturated rings. The van der Waals surface area contributed by atoms with E-state index < -0.39 is 0 Å². The van der Waals surface area contributed by atoms with Gasteiger partial charge in [-0.15, -0.1) is 5.10 Å². The van der Waals surface area contributed by atoms with Gasteiger partial charge in [-0.3, -0.25) is 4.57 Å². The lowest BCUT2D eigenvalue weighted by molar-refractivity contribution is 0.239. The summed E-state index contributed by atoms with van der Waals surface area (Å²) in [4.78, 5) is 2.60. The first-order chi connectivity index (χ1) is 10.3. The third-order valence-electron chi connectivity index (χ3n) is 5.88. The van der Waals surface area contributed by atoms with Gasteiger partial charge in [-0.1, -0.05) is 25.7 Å². The molecule has 5 heteroatoms. The van der Waals surface area contributed by atoms with Crippen molar-refractivity contribution < 1.29 is 0 Å². The molecule has 4 nitrogen and oxygen atoms in total. The molecule has 4 rings (SSSR count). The molecule has 0 unspecified atom stereocenters. The van der Waals surface area contributed by atoms with Gasteiger partial charge < -0.3 is 4.90 Å². The highest BCUT2D eigenvalue weighted by atomic mass is 32.1. The Bertz CT molecular complexity index is 541. The Morgan fingerprint density at radius 2 is 1.67 bits per heavy atom. The largest absolute Gasteiger partial charge is 0.338 e. The van der Waals surface area contributed by atoms with E-state index in [1.165, 1.54) is 64.2 Å². The van der Waals surface area contributed by atoms with Crippen LogP contribution in [-0.2, 0) is 0 Å². The molecule has 0 bridgehead atoms. The smallest absolute Gasteiger partial charge is 0.226 e. The van der Waals surface area contributed by atoms with Gasteiger partial charge in [-0.2, -0.15) is 0 Å². The topological polar surface area (TPSA) is 36.9 Å². The van der Waals surface area contributed by atoms with E-state index in [4.69, 9.17) is 12.2 Å². The lowest BCUT2D eigenvalue weighted by Crippen LogP contribution is -2.48. The van der Waals surface area contributed by atoms with Crippen LogP contribution >= 0.6 is 12.2 Å². The molecule has 3 aliphatic rings. The number of aromatic nitrogens is 3. The zero-order valence-electron chi connectivity index (χ0n) is 12.8. The molecule has 116 valence electrons. The van der Waals surface area contributed by atoms with Crippen molar-refractivity contribution in [3.8, 4) is 0 Å². The van der Waals surface area contributed by atoms with Crippen LogP contribution in [0.2, 0.25) is 0 Å². The number of H-pyrrole nitrogens is 1. The van der Waals surface area contributed by atoms with Crippen LogP contribution in [0.1, 0.15) is 70.3 Å². The fraction of sp³-hybridized carbons (Fsp3) is 0.875. The Labute approximate surface area is 131 Å². The molecule has 1 aliphatic heterocycles. The molecule has 2 atom stereocenters. The number of hydrogen-bond acceptors (Lipinski definition) is 3. The third kappa shape index (κ3) is 2.43. The molecule has 0 radical (unpaired) electrons. The molecule has 2 heterocycles. The van der Waals surface area contributed by atoms with E-state index in [0.29, 0.717) is 12.1 Å². The van der Waals surface area contributed by atoms with Crippen LogP contribution in [0.3, 0.4) is 0 Å². The first kappa shape index (κ1) is 13.8. The molecule has 1 aromatic rings. The maximum Gasteiger partial charge on any atom is 0.226 e. The van der Waals surface area contributed by atoms with Gasteiger partial charge in [0, 0.05) is 18.6 Å². The van der Waals surface area contributed by atoms with Crippen molar-refractivity contribution in [2.24, 2.45) is 5.92 Å². The number of piperidine rings is 1. The Morgan fingerprint density at radius 3 is 2.52 bits per heavy atom. The molecular formula is C16H26N4S. The number of fused-ring (bicyclic) bond motifs is 1. The highest BCUT2D eigenvalue weighted by Crippen LogP contribution is 2.39. The Kier molecular flexibility index (Phi) is 3.78. The van der Waals surface area contributed by atoms with Gasteiger partial charge in [0.05, 0.1) is 0 Å². The maximum absolute atomic E-state index is 5.54. The monoisotopic (exact) mass is 306 g/mol. The minimum atomic E-state index is 0.579. The van der Waals surface area contributed by atoms with Crippen molar-refractivity contribution in [3.05, 3.63) is 4.77 Å². The first-order valence-electron chi connectivity index (χ1n) is 8.78. The van der Waals surface area contributed by atoms with Crippen LogP contribution < -0.4 is 4.90 Å². The second-order valence-electron chi connectivity index (χ2n) is 7.08. The number of anilines is 1. The summed E-state index contributed by atoms with van der Waals surface area (Å²) in [6.45, 7) is 1.16. The quantitative estimate of drug-likeness (QED) is 0.831. The summed E-state index contributed by atoms with van der Waals surface area (Å²) in [5.41, 5.74) is 0. The fourth-order valence-corrected chi connectivity index (χ4v) is 5.14. The molecule has 2 saturated carbocycles. The number of rotatable bonds is 2. The Morgan fingerprint density at radius 1 is 0.952 bits per heavy atom. The van der Waals surface area contributed by atoms with Crippen LogP contribution in [0.5, 0.6) is 0 Å². The SMILES string of the molecule is S=c1[nH]nc(N2CCC[C@H]3CCCC[C@H]32)n1C1CCCC1. The van der Waals surface area contributed by atoms with Crippen LogP contribution in [0, 0.1) is 10.7 Å².